The molecule has 0 N–H and O–H groups in total. The van der Waals surface area contributed by atoms with E-state index in [0.717, 1.165) is 11.1 Å². The first kappa shape index (κ1) is 20.4. The van der Waals surface area contributed by atoms with Gasteiger partial charge in [-0.1, -0.05) is 35.3 Å². The van der Waals surface area contributed by atoms with Crippen LogP contribution in [0, 0.1) is 0 Å². The monoisotopic (exact) mass is 395 g/mol. The molecule has 0 aliphatic heterocycles. The number of halogens is 2. The van der Waals surface area contributed by atoms with E-state index in [4.69, 9.17) is 32.7 Å². The van der Waals surface area contributed by atoms with Crippen LogP contribution in [0.2, 0.25) is 10.0 Å². The van der Waals surface area contributed by atoms with Gasteiger partial charge in [0.05, 0.1) is 14.2 Å². The van der Waals surface area contributed by atoms with Crippen molar-refractivity contribution in [1.29, 1.82) is 0 Å². The molecule has 2 aromatic rings. The van der Waals surface area contributed by atoms with Crippen molar-refractivity contribution in [1.82, 2.24) is 4.90 Å². The van der Waals surface area contributed by atoms with Crippen LogP contribution in [0.3, 0.4) is 0 Å². The summed E-state index contributed by atoms with van der Waals surface area (Å²) in [6, 6.07) is 11.0. The summed E-state index contributed by atoms with van der Waals surface area (Å²) in [6.45, 7) is 3.11. The molecule has 26 heavy (non-hydrogen) atoms. The minimum atomic E-state index is 0.0771. The molecule has 0 radical (unpaired) electrons. The molecular formula is C20H23Cl2NO3. The number of benzene rings is 2. The summed E-state index contributed by atoms with van der Waals surface area (Å²) in [5.74, 6) is 1.40. The molecule has 2 rings (SSSR count). The Bertz CT molecular complexity index is 765. The van der Waals surface area contributed by atoms with Crippen molar-refractivity contribution in [3.63, 3.8) is 0 Å². The fourth-order valence-electron chi connectivity index (χ4n) is 2.70. The van der Waals surface area contributed by atoms with Gasteiger partial charge in [-0.2, -0.15) is 0 Å². The van der Waals surface area contributed by atoms with Crippen LogP contribution in [-0.4, -0.2) is 31.6 Å². The van der Waals surface area contributed by atoms with E-state index < -0.39 is 0 Å². The molecule has 0 fully saturated rings. The van der Waals surface area contributed by atoms with E-state index in [9.17, 15) is 4.79 Å². The molecule has 1 amide bonds. The maximum absolute atomic E-state index is 12.6. The standard InChI is InChI=1S/C20H23Cl2NO3/c1-4-23(13-14-5-9-18(25-2)19(11-14)26-3)20(24)10-7-15-6-8-16(21)12-17(15)22/h5-6,8-9,11-12H,4,7,10,13H2,1-3H3. The summed E-state index contributed by atoms with van der Waals surface area (Å²) in [4.78, 5) is 14.4. The van der Waals surface area contributed by atoms with Gasteiger partial charge in [0, 0.05) is 29.6 Å². The topological polar surface area (TPSA) is 38.8 Å². The minimum absolute atomic E-state index is 0.0771. The highest BCUT2D eigenvalue weighted by Gasteiger charge is 2.14. The summed E-state index contributed by atoms with van der Waals surface area (Å²) >= 11 is 12.1. The van der Waals surface area contributed by atoms with E-state index >= 15 is 0 Å². The van der Waals surface area contributed by atoms with Crippen LogP contribution in [0.4, 0.5) is 0 Å². The highest BCUT2D eigenvalue weighted by molar-refractivity contribution is 6.35. The zero-order valence-corrected chi connectivity index (χ0v) is 16.7. The largest absolute Gasteiger partial charge is 0.493 e. The Kier molecular flexibility index (Phi) is 7.61. The smallest absolute Gasteiger partial charge is 0.223 e. The summed E-state index contributed by atoms with van der Waals surface area (Å²) in [6.07, 6.45) is 0.972. The van der Waals surface area contributed by atoms with Crippen molar-refractivity contribution in [2.45, 2.75) is 26.3 Å². The Morgan fingerprint density at radius 2 is 1.77 bits per heavy atom. The van der Waals surface area contributed by atoms with Gasteiger partial charge in [-0.3, -0.25) is 4.79 Å². The second kappa shape index (κ2) is 9.70. The van der Waals surface area contributed by atoms with Gasteiger partial charge in [-0.15, -0.1) is 0 Å². The van der Waals surface area contributed by atoms with E-state index in [2.05, 4.69) is 0 Å². The fraction of sp³-hybridized carbons (Fsp3) is 0.350. The van der Waals surface area contributed by atoms with Gasteiger partial charge in [0.25, 0.3) is 0 Å². The summed E-state index contributed by atoms with van der Waals surface area (Å²) in [5, 5.41) is 1.18. The molecule has 140 valence electrons. The van der Waals surface area contributed by atoms with Gasteiger partial charge in [-0.05, 0) is 48.7 Å². The number of hydrogen-bond donors (Lipinski definition) is 0. The van der Waals surface area contributed by atoms with Crippen molar-refractivity contribution in [2.24, 2.45) is 0 Å². The zero-order chi connectivity index (χ0) is 19.1. The average molecular weight is 396 g/mol. The number of nitrogens with zero attached hydrogens (tertiary/aromatic N) is 1. The third kappa shape index (κ3) is 5.29. The Morgan fingerprint density at radius 1 is 1.04 bits per heavy atom. The molecule has 0 aliphatic carbocycles. The molecule has 0 unspecified atom stereocenters. The third-order valence-electron chi connectivity index (χ3n) is 4.18. The van der Waals surface area contributed by atoms with Gasteiger partial charge in [0.15, 0.2) is 11.5 Å². The predicted molar refractivity (Wildman–Crippen MR) is 105 cm³/mol. The van der Waals surface area contributed by atoms with Crippen LogP contribution in [0.25, 0.3) is 0 Å². The number of carbonyl (C=O) groups excluding carboxylic acids is 1. The molecule has 0 atom stereocenters. The highest BCUT2D eigenvalue weighted by atomic mass is 35.5. The lowest BCUT2D eigenvalue weighted by Gasteiger charge is -2.22. The first-order chi connectivity index (χ1) is 12.5. The van der Waals surface area contributed by atoms with Gasteiger partial charge >= 0.3 is 0 Å². The number of carbonyl (C=O) groups is 1. The molecule has 0 heterocycles. The Balaban J connectivity index is 2.02. The number of aryl methyl sites for hydroxylation is 1. The van der Waals surface area contributed by atoms with E-state index in [1.807, 2.05) is 36.1 Å². The average Bonchev–Trinajstić information content (AvgIpc) is 2.64. The number of hydrogen-bond acceptors (Lipinski definition) is 3. The molecule has 0 spiro atoms. The molecule has 4 nitrogen and oxygen atoms in total. The molecule has 0 aliphatic rings. The van der Waals surface area contributed by atoms with Crippen LogP contribution in [0.1, 0.15) is 24.5 Å². The van der Waals surface area contributed by atoms with Crippen LogP contribution in [-0.2, 0) is 17.8 Å². The number of rotatable bonds is 8. The van der Waals surface area contributed by atoms with E-state index in [0.29, 0.717) is 47.5 Å². The van der Waals surface area contributed by atoms with Gasteiger partial charge in [0.1, 0.15) is 0 Å². The lowest BCUT2D eigenvalue weighted by molar-refractivity contribution is -0.131. The van der Waals surface area contributed by atoms with Crippen LogP contribution >= 0.6 is 23.2 Å². The van der Waals surface area contributed by atoms with Gasteiger partial charge in [0.2, 0.25) is 5.91 Å². The normalized spacial score (nSPS) is 10.5. The number of methoxy groups -OCH3 is 2. The molecular weight excluding hydrogens is 373 g/mol. The van der Waals surface area contributed by atoms with Gasteiger partial charge < -0.3 is 14.4 Å². The molecule has 2 aromatic carbocycles. The first-order valence-electron chi connectivity index (χ1n) is 8.41. The zero-order valence-electron chi connectivity index (χ0n) is 15.2. The second-order valence-corrected chi connectivity index (χ2v) is 6.68. The van der Waals surface area contributed by atoms with Crippen molar-refractivity contribution in [3.05, 3.63) is 57.6 Å². The van der Waals surface area contributed by atoms with E-state index in [-0.39, 0.29) is 5.91 Å². The van der Waals surface area contributed by atoms with Gasteiger partial charge in [-0.25, -0.2) is 0 Å². The summed E-state index contributed by atoms with van der Waals surface area (Å²) in [5.41, 5.74) is 1.91. The Labute approximate surface area is 164 Å². The van der Waals surface area contributed by atoms with Crippen LogP contribution in [0.15, 0.2) is 36.4 Å². The van der Waals surface area contributed by atoms with E-state index in [1.165, 1.54) is 0 Å². The number of ether oxygens (including phenoxy) is 2. The number of amides is 1. The predicted octanol–water partition coefficient (Wildman–Crippen LogP) is 4.99. The lowest BCUT2D eigenvalue weighted by Crippen LogP contribution is -2.30. The molecule has 0 bridgehead atoms. The quantitative estimate of drug-likeness (QED) is 0.631. The first-order valence-corrected chi connectivity index (χ1v) is 9.16. The second-order valence-electron chi connectivity index (χ2n) is 5.83. The molecule has 0 saturated carbocycles. The third-order valence-corrected chi connectivity index (χ3v) is 4.77. The van der Waals surface area contributed by atoms with Crippen molar-refractivity contribution in [3.8, 4) is 11.5 Å². The lowest BCUT2D eigenvalue weighted by atomic mass is 10.1. The van der Waals surface area contributed by atoms with Crippen molar-refractivity contribution < 1.29 is 14.3 Å². The summed E-state index contributed by atoms with van der Waals surface area (Å²) in [7, 11) is 3.20. The van der Waals surface area contributed by atoms with E-state index in [1.54, 1.807) is 26.4 Å². The SMILES string of the molecule is CCN(Cc1ccc(OC)c(OC)c1)C(=O)CCc1ccc(Cl)cc1Cl. The fourth-order valence-corrected chi connectivity index (χ4v) is 3.20. The summed E-state index contributed by atoms with van der Waals surface area (Å²) < 4.78 is 10.6. The molecule has 6 heteroatoms. The highest BCUT2D eigenvalue weighted by Crippen LogP contribution is 2.28. The van der Waals surface area contributed by atoms with Crippen LogP contribution < -0.4 is 9.47 Å². The Hall–Kier alpha value is -1.91. The molecule has 0 saturated heterocycles. The van der Waals surface area contributed by atoms with Crippen LogP contribution in [0.5, 0.6) is 11.5 Å². The minimum Gasteiger partial charge on any atom is -0.493 e. The molecule has 0 aromatic heterocycles. The maximum atomic E-state index is 12.6. The Morgan fingerprint density at radius 3 is 2.38 bits per heavy atom. The van der Waals surface area contributed by atoms with Crippen molar-refractivity contribution >= 4 is 29.1 Å². The maximum Gasteiger partial charge on any atom is 0.223 e. The van der Waals surface area contributed by atoms with Crippen molar-refractivity contribution in [2.75, 3.05) is 20.8 Å².